The second kappa shape index (κ2) is 69.3. The van der Waals surface area contributed by atoms with Gasteiger partial charge in [0.25, 0.3) is 0 Å². The second-order valence-electron chi connectivity index (χ2n) is 32.4. The number of nitrogens with one attached hydrogen (secondary N) is 1. The van der Waals surface area contributed by atoms with E-state index in [1.807, 2.05) is 6.08 Å². The Bertz CT molecular complexity index is 2090. The summed E-state index contributed by atoms with van der Waals surface area (Å²) >= 11 is 0. The van der Waals surface area contributed by atoms with Crippen LogP contribution >= 0.6 is 0 Å². The van der Waals surface area contributed by atoms with E-state index in [4.69, 9.17) is 28.4 Å². The molecule has 3 heterocycles. The number of allylic oxidation sites excluding steroid dienone is 5. The molecule has 3 saturated heterocycles. The molecule has 17 atom stereocenters. The van der Waals surface area contributed by atoms with Gasteiger partial charge in [-0.25, -0.2) is 0 Å². The first-order chi connectivity index (χ1) is 52.8. The minimum atomic E-state index is -1.98. The lowest BCUT2D eigenvalue weighted by Crippen LogP contribution is -2.66. The van der Waals surface area contributed by atoms with Crippen LogP contribution in [0.5, 0.6) is 0 Å². The molecular weight excluding hydrogens is 1370 g/mol. The first kappa shape index (κ1) is 100. The van der Waals surface area contributed by atoms with Gasteiger partial charge >= 0.3 is 0 Å². The van der Waals surface area contributed by atoms with Crippen LogP contribution < -0.4 is 5.32 Å². The van der Waals surface area contributed by atoms with Gasteiger partial charge in [-0.15, -0.1) is 0 Å². The van der Waals surface area contributed by atoms with Crippen molar-refractivity contribution in [3.05, 3.63) is 36.5 Å². The largest absolute Gasteiger partial charge is 0.394 e. The molecule has 17 unspecified atom stereocenters. The number of carbonyl (C=O) groups is 1. The average Bonchev–Trinajstić information content (AvgIpc) is 0.779. The Balaban J connectivity index is 1.31. The molecule has 0 aromatic rings. The number of hydrogen-bond acceptors (Lipinski definition) is 18. The van der Waals surface area contributed by atoms with E-state index in [0.717, 1.165) is 51.4 Å². The minimum absolute atomic E-state index is 0.248. The van der Waals surface area contributed by atoms with Gasteiger partial charge in [0.1, 0.15) is 73.2 Å². The topological polar surface area (TPSA) is 307 Å². The lowest BCUT2D eigenvalue weighted by molar-refractivity contribution is -0.379. The fourth-order valence-corrected chi connectivity index (χ4v) is 15.5. The highest BCUT2D eigenvalue weighted by atomic mass is 16.8. The van der Waals surface area contributed by atoms with E-state index < -0.39 is 124 Å². The summed E-state index contributed by atoms with van der Waals surface area (Å²) in [4.78, 5) is 13.5. The Morgan fingerprint density at radius 3 is 0.944 bits per heavy atom. The maximum absolute atomic E-state index is 13.5. The van der Waals surface area contributed by atoms with Crippen molar-refractivity contribution in [2.45, 2.75) is 497 Å². The monoisotopic (exact) mass is 1540 g/mol. The molecular formula is C89H167NO18. The number of aliphatic hydroxyl groups is 11. The van der Waals surface area contributed by atoms with Crippen LogP contribution in [0.3, 0.4) is 0 Å². The number of ether oxygens (including phenoxy) is 6. The van der Waals surface area contributed by atoms with Crippen molar-refractivity contribution in [1.82, 2.24) is 5.32 Å². The number of carbonyl (C=O) groups excluding carboxylic acids is 1. The molecule has 636 valence electrons. The van der Waals surface area contributed by atoms with Crippen molar-refractivity contribution in [2.24, 2.45) is 0 Å². The SMILES string of the molecule is CCCCCCC/C=C\C/C=C\CCCCCCCCCCCCCCCCCCCCCCCCCCCC(=O)NC(COC1OC(CO)C(OC2OC(CO)C(OC3OC(CO)C(O)C(O)C3O)C(O)C2O)C(O)C1O)C(O)/C=C/CCCCCCCCCCCCCCCCCCCCCCCCCC. The van der Waals surface area contributed by atoms with E-state index in [1.54, 1.807) is 6.08 Å². The zero-order valence-electron chi connectivity index (χ0n) is 68.6. The van der Waals surface area contributed by atoms with Crippen LogP contribution in [0.25, 0.3) is 0 Å². The van der Waals surface area contributed by atoms with Gasteiger partial charge in [0.15, 0.2) is 18.9 Å². The quantitative estimate of drug-likeness (QED) is 0.0199. The van der Waals surface area contributed by atoms with Crippen molar-refractivity contribution < 1.29 is 89.4 Å². The molecule has 3 aliphatic rings. The normalized spacial score (nSPS) is 25.5. The molecule has 0 radical (unpaired) electrons. The Labute approximate surface area is 657 Å². The molecule has 0 aromatic heterocycles. The summed E-state index contributed by atoms with van der Waals surface area (Å²) in [6.07, 6.45) is 61.6. The summed E-state index contributed by atoms with van der Waals surface area (Å²) in [6, 6.07) is -0.973. The Morgan fingerprint density at radius 1 is 0.333 bits per heavy atom. The summed E-state index contributed by atoms with van der Waals surface area (Å²) in [7, 11) is 0. The van der Waals surface area contributed by atoms with Gasteiger partial charge in [-0.3, -0.25) is 4.79 Å². The van der Waals surface area contributed by atoms with Crippen molar-refractivity contribution in [1.29, 1.82) is 0 Å². The summed E-state index contributed by atoms with van der Waals surface area (Å²) < 4.78 is 34.5. The van der Waals surface area contributed by atoms with Gasteiger partial charge in [-0.1, -0.05) is 371 Å². The molecule has 12 N–H and O–H groups in total. The third-order valence-electron chi connectivity index (χ3n) is 22.7. The fraction of sp³-hybridized carbons (Fsp3) is 0.921. The van der Waals surface area contributed by atoms with Gasteiger partial charge in [0, 0.05) is 6.42 Å². The Kier molecular flexibility index (Phi) is 64.3. The van der Waals surface area contributed by atoms with Gasteiger partial charge in [0.05, 0.1) is 38.6 Å². The minimum Gasteiger partial charge on any atom is -0.394 e. The van der Waals surface area contributed by atoms with Crippen LogP contribution in [-0.2, 0) is 33.2 Å². The van der Waals surface area contributed by atoms with E-state index in [1.165, 1.54) is 315 Å². The molecule has 0 bridgehead atoms. The standard InChI is InChI=1S/C89H167NO18/c1-3-5-7-9-11-13-15-17-19-21-23-25-27-29-31-32-33-34-35-36-37-38-39-40-41-43-45-47-49-51-53-55-57-59-61-63-65-67-77(95)90-72(73(94)66-64-62-60-58-56-54-52-50-48-46-44-42-30-28-26-24-22-20-18-16-14-12-10-8-6-4-2)71-103-87-83(101)80(98)85(75(69-92)105-87)108-89-84(102)81(99)86(76(70-93)106-89)107-88-82(100)79(97)78(96)74(68-91)104-88/h15,17,21,23,64,66,72-76,78-89,91-94,96-102H,3-14,16,18-20,22,24-63,65,67-71H2,1-2H3,(H,90,95)/b17-15-,23-21-,66-64+. The highest BCUT2D eigenvalue weighted by Crippen LogP contribution is 2.34. The summed E-state index contributed by atoms with van der Waals surface area (Å²) in [5.74, 6) is -0.266. The molecule has 3 rings (SSSR count). The van der Waals surface area contributed by atoms with Crippen LogP contribution in [0, 0.1) is 0 Å². The summed E-state index contributed by atoms with van der Waals surface area (Å²) in [5, 5.41) is 121. The highest BCUT2D eigenvalue weighted by Gasteiger charge is 2.54. The first-order valence-corrected chi connectivity index (χ1v) is 45.2. The number of aliphatic hydroxyl groups excluding tert-OH is 11. The van der Waals surface area contributed by atoms with Crippen molar-refractivity contribution >= 4 is 5.91 Å². The maximum atomic E-state index is 13.5. The molecule has 3 fully saturated rings. The number of rotatable bonds is 74. The molecule has 19 heteroatoms. The van der Waals surface area contributed by atoms with Crippen molar-refractivity contribution in [3.8, 4) is 0 Å². The average molecular weight is 1540 g/mol. The summed E-state index contributed by atoms with van der Waals surface area (Å²) in [6.45, 7) is 1.79. The number of hydrogen-bond donors (Lipinski definition) is 12. The molecule has 108 heavy (non-hydrogen) atoms. The molecule has 0 saturated carbocycles. The van der Waals surface area contributed by atoms with Crippen LogP contribution in [0.15, 0.2) is 36.5 Å². The molecule has 1 amide bonds. The number of amides is 1. The predicted octanol–water partition coefficient (Wildman–Crippen LogP) is 17.0. The third kappa shape index (κ3) is 47.8. The smallest absolute Gasteiger partial charge is 0.220 e. The third-order valence-corrected chi connectivity index (χ3v) is 22.7. The van der Waals surface area contributed by atoms with Crippen LogP contribution in [0.4, 0.5) is 0 Å². The van der Waals surface area contributed by atoms with Crippen LogP contribution in [0.2, 0.25) is 0 Å². The molecule has 0 aromatic carbocycles. The molecule has 19 nitrogen and oxygen atoms in total. The van der Waals surface area contributed by atoms with Crippen LogP contribution in [-0.4, -0.2) is 193 Å². The molecule has 0 aliphatic carbocycles. The van der Waals surface area contributed by atoms with E-state index in [2.05, 4.69) is 43.5 Å². The van der Waals surface area contributed by atoms with E-state index in [9.17, 15) is 61.0 Å². The lowest BCUT2D eigenvalue weighted by Gasteiger charge is -2.48. The van der Waals surface area contributed by atoms with E-state index in [0.29, 0.717) is 6.42 Å². The zero-order chi connectivity index (χ0) is 78.1. The van der Waals surface area contributed by atoms with Crippen LogP contribution in [0.1, 0.15) is 393 Å². The number of unbranched alkanes of at least 4 members (excludes halogenated alkanes) is 54. The Morgan fingerprint density at radius 2 is 0.611 bits per heavy atom. The van der Waals surface area contributed by atoms with Crippen molar-refractivity contribution in [3.63, 3.8) is 0 Å². The first-order valence-electron chi connectivity index (χ1n) is 45.2. The molecule has 0 spiro atoms. The second-order valence-corrected chi connectivity index (χ2v) is 32.4. The van der Waals surface area contributed by atoms with E-state index >= 15 is 0 Å². The molecule has 3 aliphatic heterocycles. The van der Waals surface area contributed by atoms with E-state index in [-0.39, 0.29) is 18.9 Å². The van der Waals surface area contributed by atoms with Gasteiger partial charge in [-0.2, -0.15) is 0 Å². The van der Waals surface area contributed by atoms with Gasteiger partial charge < -0.3 is 89.9 Å². The lowest BCUT2D eigenvalue weighted by atomic mass is 9.96. The summed E-state index contributed by atoms with van der Waals surface area (Å²) in [5.41, 5.74) is 0. The van der Waals surface area contributed by atoms with Gasteiger partial charge in [0.2, 0.25) is 5.91 Å². The maximum Gasteiger partial charge on any atom is 0.220 e. The highest BCUT2D eigenvalue weighted by molar-refractivity contribution is 5.76. The van der Waals surface area contributed by atoms with Gasteiger partial charge in [-0.05, 0) is 51.4 Å². The zero-order valence-corrected chi connectivity index (χ0v) is 68.6. The Hall–Kier alpha value is -1.99. The predicted molar refractivity (Wildman–Crippen MR) is 434 cm³/mol. The van der Waals surface area contributed by atoms with Crippen molar-refractivity contribution in [2.75, 3.05) is 26.4 Å². The fourth-order valence-electron chi connectivity index (χ4n) is 15.5.